The molecule has 0 saturated carbocycles. The average molecular weight is 332 g/mol. The van der Waals surface area contributed by atoms with Gasteiger partial charge in [0, 0.05) is 24.3 Å². The van der Waals surface area contributed by atoms with Crippen LogP contribution in [0.4, 0.5) is 0 Å². The summed E-state index contributed by atoms with van der Waals surface area (Å²) in [4.78, 5) is 11.8. The van der Waals surface area contributed by atoms with E-state index < -0.39 is 6.10 Å². The van der Waals surface area contributed by atoms with E-state index in [1.54, 1.807) is 0 Å². The molecule has 0 spiro atoms. The van der Waals surface area contributed by atoms with Crippen LogP contribution in [0.1, 0.15) is 76.0 Å². The summed E-state index contributed by atoms with van der Waals surface area (Å²) in [6.45, 7) is 10.6. The van der Waals surface area contributed by atoms with Crippen molar-refractivity contribution >= 4 is 5.97 Å². The Balaban J connectivity index is 2.03. The van der Waals surface area contributed by atoms with Gasteiger partial charge in [-0.3, -0.25) is 4.79 Å². The lowest BCUT2D eigenvalue weighted by Crippen LogP contribution is -2.36. The SMILES string of the molecule is CC(C)c1ccc2c(c1C(C)[C@@H]1C[C@@H](O)CC(=O)O1)OC(C)(C)C2. The molecule has 132 valence electrons. The van der Waals surface area contributed by atoms with Crippen molar-refractivity contribution in [3.63, 3.8) is 0 Å². The highest BCUT2D eigenvalue weighted by Gasteiger charge is 2.38. The van der Waals surface area contributed by atoms with Crippen LogP contribution in [0.2, 0.25) is 0 Å². The molecular weight excluding hydrogens is 304 g/mol. The van der Waals surface area contributed by atoms with Crippen molar-refractivity contribution in [2.75, 3.05) is 0 Å². The number of aliphatic hydroxyl groups excluding tert-OH is 1. The van der Waals surface area contributed by atoms with E-state index in [0.29, 0.717) is 12.3 Å². The molecule has 1 aromatic carbocycles. The number of fused-ring (bicyclic) bond motifs is 1. The van der Waals surface area contributed by atoms with Crippen molar-refractivity contribution in [1.82, 2.24) is 0 Å². The molecule has 0 radical (unpaired) electrons. The predicted molar refractivity (Wildman–Crippen MR) is 92.5 cm³/mol. The quantitative estimate of drug-likeness (QED) is 0.858. The van der Waals surface area contributed by atoms with Gasteiger partial charge in [0.1, 0.15) is 17.5 Å². The smallest absolute Gasteiger partial charge is 0.308 e. The van der Waals surface area contributed by atoms with E-state index in [0.717, 1.165) is 17.7 Å². The van der Waals surface area contributed by atoms with Gasteiger partial charge in [-0.05, 0) is 30.9 Å². The topological polar surface area (TPSA) is 55.8 Å². The zero-order valence-corrected chi connectivity index (χ0v) is 15.3. The van der Waals surface area contributed by atoms with E-state index in [2.05, 4.69) is 46.8 Å². The third-order valence-corrected chi connectivity index (χ3v) is 5.13. The molecule has 1 N–H and O–H groups in total. The van der Waals surface area contributed by atoms with Gasteiger partial charge < -0.3 is 14.6 Å². The second-order valence-corrected chi connectivity index (χ2v) is 8.16. The van der Waals surface area contributed by atoms with Crippen molar-refractivity contribution in [3.05, 3.63) is 28.8 Å². The van der Waals surface area contributed by atoms with Crippen LogP contribution in [0, 0.1) is 0 Å². The van der Waals surface area contributed by atoms with Crippen LogP contribution in [0.15, 0.2) is 12.1 Å². The Morgan fingerprint density at radius 2 is 1.96 bits per heavy atom. The molecule has 2 aliphatic rings. The van der Waals surface area contributed by atoms with Crippen LogP contribution < -0.4 is 4.74 Å². The van der Waals surface area contributed by atoms with Gasteiger partial charge in [-0.2, -0.15) is 0 Å². The van der Waals surface area contributed by atoms with Crippen LogP contribution in [-0.4, -0.2) is 28.9 Å². The number of benzene rings is 1. The number of rotatable bonds is 3. The van der Waals surface area contributed by atoms with Gasteiger partial charge in [-0.15, -0.1) is 0 Å². The summed E-state index contributed by atoms with van der Waals surface area (Å²) in [7, 11) is 0. The first kappa shape index (κ1) is 17.3. The molecule has 2 heterocycles. The number of hydrogen-bond acceptors (Lipinski definition) is 4. The van der Waals surface area contributed by atoms with E-state index in [1.165, 1.54) is 11.1 Å². The molecule has 4 nitrogen and oxygen atoms in total. The van der Waals surface area contributed by atoms with E-state index in [9.17, 15) is 9.90 Å². The van der Waals surface area contributed by atoms with Gasteiger partial charge in [0.25, 0.3) is 0 Å². The third kappa shape index (κ3) is 3.16. The fourth-order valence-corrected chi connectivity index (χ4v) is 3.96. The van der Waals surface area contributed by atoms with Gasteiger partial charge in [0.2, 0.25) is 0 Å². The molecule has 0 amide bonds. The Kier molecular flexibility index (Phi) is 4.37. The van der Waals surface area contributed by atoms with Crippen LogP contribution in [0.5, 0.6) is 5.75 Å². The van der Waals surface area contributed by atoms with E-state index in [1.807, 2.05) is 0 Å². The zero-order valence-electron chi connectivity index (χ0n) is 15.3. The molecule has 1 aromatic rings. The number of cyclic esters (lactones) is 1. The minimum absolute atomic E-state index is 0.00912. The molecule has 4 heteroatoms. The Bertz CT molecular complexity index is 647. The van der Waals surface area contributed by atoms with Gasteiger partial charge in [-0.25, -0.2) is 0 Å². The largest absolute Gasteiger partial charge is 0.487 e. The standard InChI is InChI=1S/C20H28O4/c1-11(2)15-7-6-13-10-20(4,5)24-19(13)18(15)12(3)16-8-14(21)9-17(22)23-16/h6-7,11-12,14,16,21H,8-10H2,1-5H3/t12?,14-,16+/m1/s1. The van der Waals surface area contributed by atoms with E-state index in [-0.39, 0.29) is 30.0 Å². The van der Waals surface area contributed by atoms with Gasteiger partial charge in [-0.1, -0.05) is 32.9 Å². The van der Waals surface area contributed by atoms with Crippen LogP contribution in [0.3, 0.4) is 0 Å². The summed E-state index contributed by atoms with van der Waals surface area (Å²) in [6.07, 6.45) is 0.537. The summed E-state index contributed by atoms with van der Waals surface area (Å²) in [5.74, 6) is 0.981. The Morgan fingerprint density at radius 3 is 2.58 bits per heavy atom. The summed E-state index contributed by atoms with van der Waals surface area (Å²) < 4.78 is 11.8. The molecule has 0 bridgehead atoms. The Hall–Kier alpha value is -1.55. The van der Waals surface area contributed by atoms with Crippen LogP contribution in [0.25, 0.3) is 0 Å². The molecule has 3 atom stereocenters. The van der Waals surface area contributed by atoms with E-state index >= 15 is 0 Å². The molecule has 1 unspecified atom stereocenters. The van der Waals surface area contributed by atoms with Crippen molar-refractivity contribution in [2.45, 2.75) is 83.5 Å². The first-order valence-electron chi connectivity index (χ1n) is 8.90. The maximum Gasteiger partial charge on any atom is 0.308 e. The number of esters is 1. The maximum absolute atomic E-state index is 11.8. The highest BCUT2D eigenvalue weighted by molar-refractivity contribution is 5.71. The molecule has 0 aromatic heterocycles. The molecule has 1 fully saturated rings. The molecule has 1 saturated heterocycles. The summed E-state index contributed by atoms with van der Waals surface area (Å²) in [6, 6.07) is 4.35. The zero-order chi connectivity index (χ0) is 17.6. The minimum Gasteiger partial charge on any atom is -0.487 e. The Labute approximate surface area is 144 Å². The highest BCUT2D eigenvalue weighted by Crippen LogP contribution is 2.46. The molecule has 2 aliphatic heterocycles. The lowest BCUT2D eigenvalue weighted by molar-refractivity contribution is -0.161. The van der Waals surface area contributed by atoms with Crippen molar-refractivity contribution in [3.8, 4) is 5.75 Å². The lowest BCUT2D eigenvalue weighted by Gasteiger charge is -2.33. The predicted octanol–water partition coefficient (Wildman–Crippen LogP) is 3.69. The number of aliphatic hydroxyl groups is 1. The third-order valence-electron chi connectivity index (χ3n) is 5.13. The number of carbonyl (C=O) groups excluding carboxylic acids is 1. The minimum atomic E-state index is -0.615. The molecule has 3 rings (SSSR count). The normalized spacial score (nSPS) is 26.7. The van der Waals surface area contributed by atoms with E-state index in [4.69, 9.17) is 9.47 Å². The fraction of sp³-hybridized carbons (Fsp3) is 0.650. The monoisotopic (exact) mass is 332 g/mol. The second-order valence-electron chi connectivity index (χ2n) is 8.16. The average Bonchev–Trinajstić information content (AvgIpc) is 2.78. The first-order valence-corrected chi connectivity index (χ1v) is 8.90. The highest BCUT2D eigenvalue weighted by atomic mass is 16.5. The van der Waals surface area contributed by atoms with Gasteiger partial charge in [0.15, 0.2) is 0 Å². The molecular formula is C20H28O4. The fourth-order valence-electron chi connectivity index (χ4n) is 3.96. The second kappa shape index (κ2) is 6.07. The lowest BCUT2D eigenvalue weighted by atomic mass is 9.82. The number of hydrogen-bond donors (Lipinski definition) is 1. The van der Waals surface area contributed by atoms with Crippen LogP contribution in [-0.2, 0) is 16.0 Å². The first-order chi connectivity index (χ1) is 11.2. The van der Waals surface area contributed by atoms with Crippen molar-refractivity contribution < 1.29 is 19.4 Å². The van der Waals surface area contributed by atoms with Crippen molar-refractivity contribution in [1.29, 1.82) is 0 Å². The summed E-state index contributed by atoms with van der Waals surface area (Å²) >= 11 is 0. The van der Waals surface area contributed by atoms with Gasteiger partial charge >= 0.3 is 5.97 Å². The summed E-state index contributed by atoms with van der Waals surface area (Å²) in [5, 5.41) is 9.97. The number of ether oxygens (including phenoxy) is 2. The van der Waals surface area contributed by atoms with Crippen LogP contribution >= 0.6 is 0 Å². The summed E-state index contributed by atoms with van der Waals surface area (Å²) in [5.41, 5.74) is 3.37. The van der Waals surface area contributed by atoms with Gasteiger partial charge in [0.05, 0.1) is 12.5 Å². The Morgan fingerprint density at radius 1 is 1.25 bits per heavy atom. The maximum atomic E-state index is 11.8. The molecule has 24 heavy (non-hydrogen) atoms. The molecule has 0 aliphatic carbocycles. The number of carbonyl (C=O) groups is 1. The van der Waals surface area contributed by atoms with Crippen molar-refractivity contribution in [2.24, 2.45) is 0 Å².